The van der Waals surface area contributed by atoms with Crippen LogP contribution < -0.4 is 10.6 Å². The van der Waals surface area contributed by atoms with Gasteiger partial charge in [0.25, 0.3) is 0 Å². The molecule has 0 bridgehead atoms. The number of carbonyl (C=O) groups excluding carboxylic acids is 1. The molecule has 8 nitrogen and oxygen atoms in total. The van der Waals surface area contributed by atoms with Crippen LogP contribution in [0.5, 0.6) is 0 Å². The van der Waals surface area contributed by atoms with Crippen molar-refractivity contribution in [2.45, 2.75) is 13.3 Å². The monoisotopic (exact) mass is 413 g/mol. The first kappa shape index (κ1) is 18.9. The first-order chi connectivity index (χ1) is 15.1. The summed E-state index contributed by atoms with van der Waals surface area (Å²) >= 11 is 0. The number of hydrogen-bond acceptors (Lipinski definition) is 4. The molecule has 8 heteroatoms. The van der Waals surface area contributed by atoms with Gasteiger partial charge in [0.15, 0.2) is 0 Å². The summed E-state index contributed by atoms with van der Waals surface area (Å²) in [5.41, 5.74) is 6.66. The molecule has 0 unspecified atom stereocenters. The van der Waals surface area contributed by atoms with Crippen molar-refractivity contribution in [3.63, 3.8) is 0 Å². The zero-order chi connectivity index (χ0) is 21.4. The largest absolute Gasteiger partial charge is 0.355 e. The second kappa shape index (κ2) is 7.64. The second-order valence-electron chi connectivity index (χ2n) is 7.74. The van der Waals surface area contributed by atoms with Gasteiger partial charge in [0.05, 0.1) is 17.4 Å². The van der Waals surface area contributed by atoms with Crippen molar-refractivity contribution in [1.82, 2.24) is 30.4 Å². The van der Waals surface area contributed by atoms with E-state index in [0.717, 1.165) is 45.4 Å². The van der Waals surface area contributed by atoms with Crippen molar-refractivity contribution in [3.05, 3.63) is 66.8 Å². The maximum Gasteiger partial charge on any atom is 0.321 e. The number of nitrogens with one attached hydrogen (secondary N) is 4. The highest BCUT2D eigenvalue weighted by Crippen LogP contribution is 2.31. The molecule has 1 aliphatic rings. The van der Waals surface area contributed by atoms with Crippen LogP contribution in [0.15, 0.2) is 61.1 Å². The average Bonchev–Trinajstić information content (AvgIpc) is 3.40. The molecular weight excluding hydrogens is 390 g/mol. The van der Waals surface area contributed by atoms with Crippen molar-refractivity contribution in [2.24, 2.45) is 0 Å². The second-order valence-corrected chi connectivity index (χ2v) is 7.74. The number of amides is 2. The number of aromatic amines is 2. The molecule has 0 atom stereocenters. The molecule has 31 heavy (non-hydrogen) atoms. The Labute approximate surface area is 179 Å². The molecule has 4 heterocycles. The van der Waals surface area contributed by atoms with Gasteiger partial charge in [-0.15, -0.1) is 0 Å². The van der Waals surface area contributed by atoms with Crippen LogP contribution in [0.2, 0.25) is 0 Å². The van der Waals surface area contributed by atoms with Gasteiger partial charge >= 0.3 is 6.03 Å². The van der Waals surface area contributed by atoms with E-state index in [1.807, 2.05) is 24.4 Å². The van der Waals surface area contributed by atoms with E-state index in [-0.39, 0.29) is 6.03 Å². The molecule has 4 N–H and O–H groups in total. The molecule has 4 aromatic rings. The summed E-state index contributed by atoms with van der Waals surface area (Å²) in [6.45, 7) is 6.73. The third-order valence-corrected chi connectivity index (χ3v) is 5.41. The van der Waals surface area contributed by atoms with Crippen molar-refractivity contribution >= 4 is 44.9 Å². The van der Waals surface area contributed by atoms with E-state index in [1.165, 1.54) is 5.57 Å². The Hall–Kier alpha value is -4.07. The topological polar surface area (TPSA) is 102 Å². The quantitative estimate of drug-likeness (QED) is 0.395. The minimum atomic E-state index is -0.109. The molecule has 5 rings (SSSR count). The van der Waals surface area contributed by atoms with Crippen molar-refractivity contribution in [2.75, 3.05) is 18.4 Å². The molecule has 1 aliphatic heterocycles. The molecular formula is C23H23N7O. The van der Waals surface area contributed by atoms with Gasteiger partial charge < -0.3 is 20.5 Å². The van der Waals surface area contributed by atoms with Gasteiger partial charge in [-0.25, -0.2) is 9.78 Å². The lowest BCUT2D eigenvalue weighted by Crippen LogP contribution is -2.41. The number of H-pyrrole nitrogens is 2. The SMILES string of the molecule is C=C(C)NC(=O)N1CC=C(c2cc3c(Nc4ccc5[nH]ncc5c4)ccnc3[nH]2)CC1. The van der Waals surface area contributed by atoms with Crippen LogP contribution in [0.3, 0.4) is 0 Å². The number of nitrogens with zero attached hydrogens (tertiary/aromatic N) is 3. The van der Waals surface area contributed by atoms with Crippen molar-refractivity contribution in [3.8, 4) is 0 Å². The molecule has 0 saturated heterocycles. The summed E-state index contributed by atoms with van der Waals surface area (Å²) in [7, 11) is 0. The highest BCUT2D eigenvalue weighted by molar-refractivity contribution is 5.95. The van der Waals surface area contributed by atoms with E-state index >= 15 is 0 Å². The Morgan fingerprint density at radius 3 is 2.97 bits per heavy atom. The number of allylic oxidation sites excluding steroid dienone is 1. The number of pyridine rings is 1. The van der Waals surface area contributed by atoms with Gasteiger partial charge in [-0.05, 0) is 49.2 Å². The Morgan fingerprint density at radius 2 is 2.16 bits per heavy atom. The fourth-order valence-corrected chi connectivity index (χ4v) is 3.84. The maximum absolute atomic E-state index is 12.2. The number of benzene rings is 1. The van der Waals surface area contributed by atoms with Crippen LogP contribution in [-0.2, 0) is 0 Å². The number of rotatable bonds is 4. The van der Waals surface area contributed by atoms with Gasteiger partial charge in [0.2, 0.25) is 0 Å². The third kappa shape index (κ3) is 3.75. The molecule has 0 aliphatic carbocycles. The lowest BCUT2D eigenvalue weighted by atomic mass is 10.0. The van der Waals surface area contributed by atoms with E-state index in [0.29, 0.717) is 18.8 Å². The zero-order valence-electron chi connectivity index (χ0n) is 17.2. The number of carbonyl (C=O) groups is 1. The fraction of sp³-hybridized carbons (Fsp3) is 0.174. The van der Waals surface area contributed by atoms with E-state index in [1.54, 1.807) is 18.0 Å². The number of aromatic nitrogens is 4. The third-order valence-electron chi connectivity index (χ3n) is 5.41. The first-order valence-corrected chi connectivity index (χ1v) is 10.2. The lowest BCUT2D eigenvalue weighted by molar-refractivity contribution is 0.206. The van der Waals surface area contributed by atoms with Crippen LogP contribution in [0, 0.1) is 0 Å². The Kier molecular flexibility index (Phi) is 4.66. The molecule has 0 spiro atoms. The van der Waals surface area contributed by atoms with Gasteiger partial charge in [-0.3, -0.25) is 5.10 Å². The number of urea groups is 1. The highest BCUT2D eigenvalue weighted by Gasteiger charge is 2.19. The maximum atomic E-state index is 12.2. The lowest BCUT2D eigenvalue weighted by Gasteiger charge is -2.26. The van der Waals surface area contributed by atoms with Crippen LogP contribution in [0.4, 0.5) is 16.2 Å². The van der Waals surface area contributed by atoms with Gasteiger partial charge in [0, 0.05) is 47.1 Å². The molecule has 0 saturated carbocycles. The van der Waals surface area contributed by atoms with Gasteiger partial charge in [0.1, 0.15) is 5.65 Å². The van der Waals surface area contributed by atoms with Crippen molar-refractivity contribution < 1.29 is 4.79 Å². The number of hydrogen-bond donors (Lipinski definition) is 4. The Balaban J connectivity index is 1.39. The molecule has 0 radical (unpaired) electrons. The van der Waals surface area contributed by atoms with E-state index in [4.69, 9.17) is 0 Å². The Morgan fingerprint density at radius 1 is 1.26 bits per heavy atom. The minimum Gasteiger partial charge on any atom is -0.355 e. The number of fused-ring (bicyclic) bond motifs is 2. The molecule has 3 aromatic heterocycles. The van der Waals surface area contributed by atoms with E-state index in [2.05, 4.69) is 55.6 Å². The highest BCUT2D eigenvalue weighted by atomic mass is 16.2. The summed E-state index contributed by atoms with van der Waals surface area (Å²) in [4.78, 5) is 21.9. The molecule has 156 valence electrons. The van der Waals surface area contributed by atoms with Gasteiger partial charge in [-0.1, -0.05) is 12.7 Å². The van der Waals surface area contributed by atoms with Gasteiger partial charge in [-0.2, -0.15) is 5.10 Å². The Bertz CT molecular complexity index is 1330. The summed E-state index contributed by atoms with van der Waals surface area (Å²) in [6.07, 6.45) is 6.47. The molecule has 0 fully saturated rings. The first-order valence-electron chi connectivity index (χ1n) is 10.2. The van der Waals surface area contributed by atoms with E-state index < -0.39 is 0 Å². The summed E-state index contributed by atoms with van der Waals surface area (Å²) in [5.74, 6) is 0. The minimum absolute atomic E-state index is 0.109. The predicted octanol–water partition coefficient (Wildman–Crippen LogP) is 4.52. The summed E-state index contributed by atoms with van der Waals surface area (Å²) in [5, 5.41) is 15.4. The van der Waals surface area contributed by atoms with Crippen LogP contribution >= 0.6 is 0 Å². The molecule has 2 amide bonds. The standard InChI is InChI=1S/C23H23N7O/c1-14(2)26-23(31)30-9-6-15(7-10-30)21-12-18-20(5-8-24-22(18)28-21)27-17-3-4-19-16(11-17)13-25-29-19/h3-6,8,11-13H,1,7,9-10H2,2H3,(H,25,29)(H,26,31)(H2,24,27,28). The fourth-order valence-electron chi connectivity index (χ4n) is 3.84. The zero-order valence-corrected chi connectivity index (χ0v) is 17.2. The van der Waals surface area contributed by atoms with Crippen LogP contribution in [0.1, 0.15) is 19.0 Å². The molecule has 1 aromatic carbocycles. The van der Waals surface area contributed by atoms with Crippen LogP contribution in [0.25, 0.3) is 27.5 Å². The summed E-state index contributed by atoms with van der Waals surface area (Å²) < 4.78 is 0. The van der Waals surface area contributed by atoms with Crippen molar-refractivity contribution in [1.29, 1.82) is 0 Å². The average molecular weight is 413 g/mol. The summed E-state index contributed by atoms with van der Waals surface area (Å²) in [6, 6.07) is 10.1. The normalized spacial score (nSPS) is 14.0. The smallest absolute Gasteiger partial charge is 0.321 e. The number of anilines is 2. The van der Waals surface area contributed by atoms with Crippen LogP contribution in [-0.4, -0.2) is 44.2 Å². The predicted molar refractivity (Wildman–Crippen MR) is 123 cm³/mol. The van der Waals surface area contributed by atoms with E-state index in [9.17, 15) is 4.79 Å².